The summed E-state index contributed by atoms with van der Waals surface area (Å²) in [5.41, 5.74) is 2.05. The van der Waals surface area contributed by atoms with Crippen molar-refractivity contribution in [2.45, 2.75) is 65.5 Å². The number of benzene rings is 1. The molecule has 2 amide bonds. The van der Waals surface area contributed by atoms with Crippen molar-refractivity contribution in [2.75, 3.05) is 32.8 Å². The van der Waals surface area contributed by atoms with Crippen molar-refractivity contribution >= 4 is 22.9 Å². The lowest BCUT2D eigenvalue weighted by Crippen LogP contribution is -2.42. The highest BCUT2D eigenvalue weighted by Crippen LogP contribution is 2.28. The second-order valence-corrected chi connectivity index (χ2v) is 10.7. The molecule has 2 aromatic rings. The lowest BCUT2D eigenvalue weighted by atomic mass is 9.97. The third kappa shape index (κ3) is 6.50. The summed E-state index contributed by atoms with van der Waals surface area (Å²) < 4.78 is 13.1. The molecule has 1 aromatic carbocycles. The number of hydrogen-bond acceptors (Lipinski definition) is 5. The van der Waals surface area contributed by atoms with E-state index in [2.05, 4.69) is 5.32 Å². The topological polar surface area (TPSA) is 85.7 Å². The van der Waals surface area contributed by atoms with Gasteiger partial charge < -0.3 is 19.7 Å². The zero-order valence-electron chi connectivity index (χ0n) is 20.9. The number of likely N-dealkylation sites (tertiary alicyclic amines) is 1. The predicted octanol–water partition coefficient (Wildman–Crippen LogP) is 4.15. The van der Waals surface area contributed by atoms with Crippen LogP contribution in [0.1, 0.15) is 62.4 Å². The van der Waals surface area contributed by atoms with Crippen LogP contribution in [0.5, 0.6) is 0 Å². The molecule has 0 radical (unpaired) electrons. The first-order valence-corrected chi connectivity index (χ1v) is 12.5. The van der Waals surface area contributed by atoms with Crippen molar-refractivity contribution < 1.29 is 19.1 Å². The highest BCUT2D eigenvalue weighted by Gasteiger charge is 2.27. The first kappa shape index (κ1) is 24.5. The van der Waals surface area contributed by atoms with Crippen molar-refractivity contribution in [1.29, 1.82) is 0 Å². The fourth-order valence-electron chi connectivity index (χ4n) is 4.38. The van der Waals surface area contributed by atoms with Gasteiger partial charge in [-0.3, -0.25) is 9.48 Å². The maximum absolute atomic E-state index is 12.7. The van der Waals surface area contributed by atoms with Crippen LogP contribution in [0, 0.1) is 18.8 Å². The largest absolute Gasteiger partial charge is 0.444 e. The van der Waals surface area contributed by atoms with Crippen LogP contribution in [0.25, 0.3) is 10.9 Å². The van der Waals surface area contributed by atoms with Crippen molar-refractivity contribution in [2.24, 2.45) is 11.8 Å². The molecule has 186 valence electrons. The molecule has 0 spiro atoms. The van der Waals surface area contributed by atoms with E-state index in [0.717, 1.165) is 48.4 Å². The van der Waals surface area contributed by atoms with E-state index in [-0.39, 0.29) is 12.0 Å². The minimum Gasteiger partial charge on any atom is -0.444 e. The molecule has 1 saturated carbocycles. The lowest BCUT2D eigenvalue weighted by Gasteiger charge is -2.33. The summed E-state index contributed by atoms with van der Waals surface area (Å²) in [7, 11) is 0. The quantitative estimate of drug-likeness (QED) is 0.586. The van der Waals surface area contributed by atoms with Crippen LogP contribution in [0.15, 0.2) is 18.3 Å². The van der Waals surface area contributed by atoms with Crippen LogP contribution in [-0.2, 0) is 16.0 Å². The summed E-state index contributed by atoms with van der Waals surface area (Å²) in [6.07, 6.45) is 6.19. The zero-order valence-corrected chi connectivity index (χ0v) is 20.9. The van der Waals surface area contributed by atoms with Gasteiger partial charge in [-0.2, -0.15) is 5.10 Å². The second-order valence-electron chi connectivity index (χ2n) is 10.7. The Morgan fingerprint density at radius 1 is 1.12 bits per heavy atom. The van der Waals surface area contributed by atoms with E-state index in [1.54, 1.807) is 4.90 Å². The Kier molecular flexibility index (Phi) is 7.45. The van der Waals surface area contributed by atoms with E-state index < -0.39 is 5.60 Å². The molecule has 2 heterocycles. The predicted molar refractivity (Wildman–Crippen MR) is 131 cm³/mol. The normalized spacial score (nSPS) is 17.2. The van der Waals surface area contributed by atoms with Crippen molar-refractivity contribution in [1.82, 2.24) is 20.0 Å². The zero-order chi connectivity index (χ0) is 24.3. The minimum atomic E-state index is -0.472. The third-order valence-electron chi connectivity index (χ3n) is 6.54. The number of ether oxygens (including phenoxy) is 2. The van der Waals surface area contributed by atoms with Gasteiger partial charge in [0.2, 0.25) is 0 Å². The minimum absolute atomic E-state index is 0.0725. The molecule has 2 aliphatic rings. The maximum atomic E-state index is 12.7. The molecule has 2 fully saturated rings. The Hall–Kier alpha value is -2.61. The number of hydrogen-bond donors (Lipinski definition) is 1. The molecule has 4 rings (SSSR count). The number of nitrogens with one attached hydrogen (secondary N) is 1. The number of rotatable bonds is 8. The molecule has 8 nitrogen and oxygen atoms in total. The number of fused-ring (bicyclic) bond motifs is 1. The van der Waals surface area contributed by atoms with E-state index >= 15 is 0 Å². The van der Waals surface area contributed by atoms with Gasteiger partial charge >= 0.3 is 6.09 Å². The van der Waals surface area contributed by atoms with E-state index in [1.165, 1.54) is 12.8 Å². The van der Waals surface area contributed by atoms with Crippen LogP contribution in [0.2, 0.25) is 0 Å². The first-order chi connectivity index (χ1) is 16.2. The van der Waals surface area contributed by atoms with E-state index in [1.807, 2.05) is 50.7 Å². The Morgan fingerprint density at radius 2 is 1.85 bits per heavy atom. The second kappa shape index (κ2) is 10.3. The van der Waals surface area contributed by atoms with Gasteiger partial charge in [0.1, 0.15) is 5.60 Å². The number of amides is 2. The Labute approximate surface area is 202 Å². The highest BCUT2D eigenvalue weighted by atomic mass is 16.6. The number of nitrogens with zero attached hydrogens (tertiary/aromatic N) is 3. The van der Waals surface area contributed by atoms with Gasteiger partial charge in [0.25, 0.3) is 5.91 Å². The molecule has 0 unspecified atom stereocenters. The molecular weight excluding hydrogens is 432 g/mol. The summed E-state index contributed by atoms with van der Waals surface area (Å²) in [5, 5.41) is 8.71. The average molecular weight is 471 g/mol. The highest BCUT2D eigenvalue weighted by molar-refractivity contribution is 6.00. The standard InChI is InChI=1S/C26H38N4O4/c1-18-21(24(31)27-11-14-33-17-20-5-6-20)7-8-23-22(18)16-30(28-23)15-19-9-12-29(13-10-19)25(32)34-26(2,3)4/h7-8,16,19-20H,5-6,9-15,17H2,1-4H3,(H,27,31). The molecule has 8 heteroatoms. The number of piperidine rings is 1. The third-order valence-corrected chi connectivity index (χ3v) is 6.54. The summed E-state index contributed by atoms with van der Waals surface area (Å²) in [4.78, 5) is 26.8. The number of aryl methyl sites for hydroxylation is 1. The van der Waals surface area contributed by atoms with E-state index in [9.17, 15) is 9.59 Å². The van der Waals surface area contributed by atoms with Gasteiger partial charge in [-0.25, -0.2) is 4.79 Å². The molecular formula is C26H38N4O4. The number of carbonyl (C=O) groups excluding carboxylic acids is 2. The maximum Gasteiger partial charge on any atom is 0.410 e. The number of aromatic nitrogens is 2. The van der Waals surface area contributed by atoms with Gasteiger partial charge in [-0.05, 0) is 82.9 Å². The molecule has 0 atom stereocenters. The van der Waals surface area contributed by atoms with Crippen LogP contribution in [0.4, 0.5) is 4.79 Å². The molecule has 1 aliphatic carbocycles. The fraction of sp³-hybridized carbons (Fsp3) is 0.654. The lowest BCUT2D eigenvalue weighted by molar-refractivity contribution is 0.0177. The van der Waals surface area contributed by atoms with Crippen molar-refractivity contribution in [3.63, 3.8) is 0 Å². The van der Waals surface area contributed by atoms with Crippen LogP contribution in [-0.4, -0.2) is 65.1 Å². The van der Waals surface area contributed by atoms with Crippen molar-refractivity contribution in [3.05, 3.63) is 29.5 Å². The monoisotopic (exact) mass is 470 g/mol. The van der Waals surface area contributed by atoms with Gasteiger partial charge in [0.05, 0.1) is 12.1 Å². The van der Waals surface area contributed by atoms with Crippen LogP contribution >= 0.6 is 0 Å². The molecule has 1 N–H and O–H groups in total. The van der Waals surface area contributed by atoms with Crippen LogP contribution < -0.4 is 5.32 Å². The Morgan fingerprint density at radius 3 is 2.53 bits per heavy atom. The fourth-order valence-corrected chi connectivity index (χ4v) is 4.38. The molecule has 34 heavy (non-hydrogen) atoms. The Bertz CT molecular complexity index is 1010. The summed E-state index contributed by atoms with van der Waals surface area (Å²) in [5.74, 6) is 1.11. The van der Waals surface area contributed by atoms with E-state index in [0.29, 0.717) is 37.7 Å². The van der Waals surface area contributed by atoms with Gasteiger partial charge in [-0.1, -0.05) is 0 Å². The van der Waals surface area contributed by atoms with Gasteiger partial charge in [-0.15, -0.1) is 0 Å². The summed E-state index contributed by atoms with van der Waals surface area (Å²) in [6, 6.07) is 3.77. The van der Waals surface area contributed by atoms with Crippen molar-refractivity contribution in [3.8, 4) is 0 Å². The van der Waals surface area contributed by atoms with E-state index in [4.69, 9.17) is 14.6 Å². The molecule has 1 aromatic heterocycles. The molecule has 1 aliphatic heterocycles. The average Bonchev–Trinajstić information content (AvgIpc) is 3.50. The molecule has 0 bridgehead atoms. The number of carbonyl (C=O) groups is 2. The smallest absolute Gasteiger partial charge is 0.410 e. The molecule has 1 saturated heterocycles. The Balaban J connectivity index is 1.30. The SMILES string of the molecule is Cc1c(C(=O)NCCOCC2CC2)ccc2nn(CC3CCN(C(=O)OC(C)(C)C)CC3)cc12. The summed E-state index contributed by atoms with van der Waals surface area (Å²) >= 11 is 0. The summed E-state index contributed by atoms with van der Waals surface area (Å²) in [6.45, 7) is 11.7. The first-order valence-electron chi connectivity index (χ1n) is 12.5. The van der Waals surface area contributed by atoms with Gasteiger partial charge in [0, 0.05) is 49.9 Å². The van der Waals surface area contributed by atoms with Gasteiger partial charge in [0.15, 0.2) is 0 Å². The van der Waals surface area contributed by atoms with Crippen LogP contribution in [0.3, 0.4) is 0 Å².